The topological polar surface area (TPSA) is 119 Å². The van der Waals surface area contributed by atoms with Gasteiger partial charge in [0, 0.05) is 12.6 Å². The molecule has 0 unspecified atom stereocenters. The van der Waals surface area contributed by atoms with Crippen LogP contribution in [0.2, 0.25) is 0 Å². The molecule has 6 nitrogen and oxygen atoms in total. The van der Waals surface area contributed by atoms with Crippen LogP contribution in [0.5, 0.6) is 0 Å². The smallest absolute Gasteiger partial charge is 0.109 e. The molecule has 78 valence electrons. The molecule has 0 aromatic rings. The third-order valence-electron chi connectivity index (χ3n) is 2.40. The minimum Gasteiger partial charge on any atom is -0.395 e. The van der Waals surface area contributed by atoms with Gasteiger partial charge in [0.1, 0.15) is 6.10 Å². The predicted octanol–water partition coefficient (Wildman–Crippen LogP) is -3.64. The Morgan fingerprint density at radius 3 is 2.00 bits per heavy atom. The maximum atomic E-state index is 9.39. The Balaban J connectivity index is 2.66. The van der Waals surface area contributed by atoms with Crippen LogP contribution in [0, 0.1) is 0 Å². The molecule has 0 amide bonds. The predicted molar refractivity (Wildman–Crippen MR) is 44.9 cm³/mol. The van der Waals surface area contributed by atoms with Gasteiger partial charge in [0.25, 0.3) is 0 Å². The molecule has 1 saturated heterocycles. The molecule has 1 aliphatic heterocycles. The highest BCUT2D eigenvalue weighted by Gasteiger charge is 2.41. The van der Waals surface area contributed by atoms with Crippen LogP contribution >= 0.6 is 0 Å². The third kappa shape index (κ3) is 1.98. The van der Waals surface area contributed by atoms with Gasteiger partial charge in [0.2, 0.25) is 0 Å². The number of hydrogen-bond acceptors (Lipinski definition) is 6. The summed E-state index contributed by atoms with van der Waals surface area (Å²) in [5.74, 6) is 0. The van der Waals surface area contributed by atoms with Crippen molar-refractivity contribution in [2.45, 2.75) is 30.4 Å². The van der Waals surface area contributed by atoms with E-state index in [1.165, 1.54) is 0 Å². The zero-order chi connectivity index (χ0) is 10.0. The standard InChI is InChI=1S/C7H16N2O4/c8-1-3-5(11)7(13)6(12)4(2-10)9-3/h3-7,9-13H,1-2,8H2/t3-,4+,5+,6+,7-/m1/s1. The van der Waals surface area contributed by atoms with E-state index in [1.807, 2.05) is 0 Å². The number of aliphatic hydroxyl groups is 4. The lowest BCUT2D eigenvalue weighted by Crippen LogP contribution is -2.67. The summed E-state index contributed by atoms with van der Waals surface area (Å²) in [4.78, 5) is 0. The van der Waals surface area contributed by atoms with E-state index < -0.39 is 30.4 Å². The summed E-state index contributed by atoms with van der Waals surface area (Å²) in [5, 5.41) is 39.6. The minimum absolute atomic E-state index is 0.140. The summed E-state index contributed by atoms with van der Waals surface area (Å²) in [6, 6.07) is -1.12. The molecule has 0 saturated carbocycles. The van der Waals surface area contributed by atoms with Crippen molar-refractivity contribution in [1.82, 2.24) is 5.32 Å². The number of rotatable bonds is 2. The molecule has 1 aliphatic rings. The van der Waals surface area contributed by atoms with E-state index in [1.54, 1.807) is 0 Å². The van der Waals surface area contributed by atoms with Crippen molar-refractivity contribution in [2.75, 3.05) is 13.2 Å². The molecule has 1 fully saturated rings. The lowest BCUT2D eigenvalue weighted by atomic mass is 9.90. The molecule has 0 aromatic carbocycles. The fraction of sp³-hybridized carbons (Fsp3) is 1.00. The summed E-state index contributed by atoms with van der Waals surface area (Å²) in [7, 11) is 0. The monoisotopic (exact) mass is 192 g/mol. The van der Waals surface area contributed by atoms with Gasteiger partial charge in [-0.05, 0) is 0 Å². The summed E-state index contributed by atoms with van der Waals surface area (Å²) in [6.45, 7) is -0.164. The molecule has 13 heavy (non-hydrogen) atoms. The largest absolute Gasteiger partial charge is 0.395 e. The van der Waals surface area contributed by atoms with Gasteiger partial charge in [-0.15, -0.1) is 0 Å². The molecule has 1 rings (SSSR count). The summed E-state index contributed by atoms with van der Waals surface area (Å²) >= 11 is 0. The average molecular weight is 192 g/mol. The van der Waals surface area contributed by atoms with E-state index in [9.17, 15) is 15.3 Å². The second-order valence-electron chi connectivity index (χ2n) is 3.27. The molecule has 5 atom stereocenters. The second-order valence-corrected chi connectivity index (χ2v) is 3.27. The van der Waals surface area contributed by atoms with Gasteiger partial charge in [0.05, 0.1) is 24.9 Å². The lowest BCUT2D eigenvalue weighted by molar-refractivity contribution is -0.117. The van der Waals surface area contributed by atoms with Crippen LogP contribution in [0.25, 0.3) is 0 Å². The second kappa shape index (κ2) is 4.32. The van der Waals surface area contributed by atoms with E-state index in [-0.39, 0.29) is 13.2 Å². The SMILES string of the molecule is NC[C@H]1N[C@@H](CO)[C@H](O)[C@H](O)[C@H]1O. The van der Waals surface area contributed by atoms with Crippen LogP contribution in [-0.4, -0.2) is 64.0 Å². The quantitative estimate of drug-likeness (QED) is 0.268. The molecular formula is C7H16N2O4. The molecule has 0 bridgehead atoms. The summed E-state index contributed by atoms with van der Waals surface area (Å²) in [5.41, 5.74) is 5.32. The molecule has 1 heterocycles. The van der Waals surface area contributed by atoms with Crippen molar-refractivity contribution in [3.05, 3.63) is 0 Å². The molecule has 6 heteroatoms. The highest BCUT2D eigenvalue weighted by molar-refractivity contribution is 4.98. The van der Waals surface area contributed by atoms with Gasteiger partial charge >= 0.3 is 0 Å². The fourth-order valence-electron chi connectivity index (χ4n) is 1.52. The van der Waals surface area contributed by atoms with E-state index >= 15 is 0 Å². The van der Waals surface area contributed by atoms with Crippen molar-refractivity contribution in [2.24, 2.45) is 5.73 Å². The van der Waals surface area contributed by atoms with E-state index in [2.05, 4.69) is 5.32 Å². The molecule has 0 radical (unpaired) electrons. The highest BCUT2D eigenvalue weighted by Crippen LogP contribution is 2.14. The van der Waals surface area contributed by atoms with Crippen molar-refractivity contribution in [1.29, 1.82) is 0 Å². The Kier molecular flexibility index (Phi) is 3.60. The maximum absolute atomic E-state index is 9.39. The van der Waals surface area contributed by atoms with Crippen LogP contribution < -0.4 is 11.1 Å². The Bertz CT molecular complexity index is 149. The highest BCUT2D eigenvalue weighted by atomic mass is 16.4. The van der Waals surface area contributed by atoms with Crippen LogP contribution in [0.3, 0.4) is 0 Å². The van der Waals surface area contributed by atoms with Crippen molar-refractivity contribution in [3.63, 3.8) is 0 Å². The van der Waals surface area contributed by atoms with Crippen molar-refractivity contribution in [3.8, 4) is 0 Å². The van der Waals surface area contributed by atoms with Gasteiger partial charge in [0.15, 0.2) is 0 Å². The zero-order valence-electron chi connectivity index (χ0n) is 7.17. The molecule has 0 aromatic heterocycles. The molecule has 0 spiro atoms. The van der Waals surface area contributed by atoms with Gasteiger partial charge in [-0.2, -0.15) is 0 Å². The number of nitrogens with two attached hydrogens (primary N) is 1. The van der Waals surface area contributed by atoms with Gasteiger partial charge < -0.3 is 31.5 Å². The first-order valence-corrected chi connectivity index (χ1v) is 4.23. The molecular weight excluding hydrogens is 176 g/mol. The van der Waals surface area contributed by atoms with Crippen LogP contribution in [0.1, 0.15) is 0 Å². The van der Waals surface area contributed by atoms with Gasteiger partial charge in [-0.3, -0.25) is 0 Å². The molecule has 7 N–H and O–H groups in total. The summed E-state index contributed by atoms with van der Waals surface area (Å²) in [6.07, 6.45) is -3.52. The zero-order valence-corrected chi connectivity index (χ0v) is 7.17. The Morgan fingerprint density at radius 2 is 1.54 bits per heavy atom. The van der Waals surface area contributed by atoms with Crippen molar-refractivity contribution < 1.29 is 20.4 Å². The van der Waals surface area contributed by atoms with Gasteiger partial charge in [-0.1, -0.05) is 0 Å². The number of aliphatic hydroxyl groups excluding tert-OH is 4. The minimum atomic E-state index is -1.26. The van der Waals surface area contributed by atoms with E-state index in [0.717, 1.165) is 0 Å². The van der Waals surface area contributed by atoms with Crippen molar-refractivity contribution >= 4 is 0 Å². The first kappa shape index (κ1) is 10.8. The average Bonchev–Trinajstić information content (AvgIpc) is 2.15. The Morgan fingerprint density at radius 1 is 1.00 bits per heavy atom. The normalized spacial score (nSPS) is 46.4. The van der Waals surface area contributed by atoms with E-state index in [0.29, 0.717) is 0 Å². The van der Waals surface area contributed by atoms with Crippen LogP contribution in [-0.2, 0) is 0 Å². The first-order valence-electron chi connectivity index (χ1n) is 4.23. The maximum Gasteiger partial charge on any atom is 0.109 e. The number of piperidine rings is 1. The fourth-order valence-corrected chi connectivity index (χ4v) is 1.52. The number of hydrogen-bond donors (Lipinski definition) is 6. The molecule has 0 aliphatic carbocycles. The Labute approximate surface area is 76.0 Å². The third-order valence-corrected chi connectivity index (χ3v) is 2.40. The Hall–Kier alpha value is -0.240. The summed E-state index contributed by atoms with van der Waals surface area (Å²) < 4.78 is 0. The van der Waals surface area contributed by atoms with Crippen LogP contribution in [0.15, 0.2) is 0 Å². The lowest BCUT2D eigenvalue weighted by Gasteiger charge is -2.40. The van der Waals surface area contributed by atoms with Crippen LogP contribution in [0.4, 0.5) is 0 Å². The number of nitrogens with one attached hydrogen (secondary N) is 1. The first-order chi connectivity index (χ1) is 6.11. The van der Waals surface area contributed by atoms with Gasteiger partial charge in [-0.25, -0.2) is 0 Å². The van der Waals surface area contributed by atoms with E-state index in [4.69, 9.17) is 10.8 Å².